The molecule has 31 heavy (non-hydrogen) atoms. The van der Waals surface area contributed by atoms with E-state index in [2.05, 4.69) is 35.6 Å². The van der Waals surface area contributed by atoms with E-state index < -0.39 is 11.9 Å². The Morgan fingerprint density at radius 3 is 2.13 bits per heavy atom. The fourth-order valence-electron chi connectivity index (χ4n) is 3.42. The Labute approximate surface area is 182 Å². The van der Waals surface area contributed by atoms with Crippen molar-refractivity contribution in [2.45, 2.75) is 19.3 Å². The number of carbonyl (C=O) groups is 2. The standard InChI is InChI=1S/C20H25NO2.C4H4O4/c1-2-22-19-10-6-7-11-20(19)23-15-17-14-21-13-12-18(17)16-8-4-3-5-9-16;5-3(6)1-2-4(7)8/h3-11,17-18,21H,2,12-15H2,1H3;1-2H,(H,5,6)(H,7,8)/b;2-1+/t17-,18-;/m0./s1. The summed E-state index contributed by atoms with van der Waals surface area (Å²) in [6.07, 6.45) is 2.27. The van der Waals surface area contributed by atoms with Crippen LogP contribution in [0.25, 0.3) is 0 Å². The van der Waals surface area contributed by atoms with Crippen LogP contribution in [0, 0.1) is 5.92 Å². The van der Waals surface area contributed by atoms with Crippen molar-refractivity contribution >= 4 is 11.9 Å². The van der Waals surface area contributed by atoms with Crippen LogP contribution >= 0.6 is 0 Å². The van der Waals surface area contributed by atoms with Gasteiger partial charge in [-0.15, -0.1) is 0 Å². The van der Waals surface area contributed by atoms with Gasteiger partial charge in [0.25, 0.3) is 0 Å². The van der Waals surface area contributed by atoms with E-state index in [0.717, 1.165) is 31.0 Å². The van der Waals surface area contributed by atoms with Gasteiger partial charge in [-0.2, -0.15) is 0 Å². The predicted molar refractivity (Wildman–Crippen MR) is 118 cm³/mol. The van der Waals surface area contributed by atoms with E-state index in [1.165, 1.54) is 5.56 Å². The first-order valence-corrected chi connectivity index (χ1v) is 10.3. The molecule has 0 bridgehead atoms. The molecule has 3 N–H and O–H groups in total. The Morgan fingerprint density at radius 2 is 1.55 bits per heavy atom. The van der Waals surface area contributed by atoms with Crippen LogP contribution < -0.4 is 14.8 Å². The van der Waals surface area contributed by atoms with Crippen molar-refractivity contribution in [1.29, 1.82) is 0 Å². The minimum Gasteiger partial charge on any atom is -0.490 e. The Morgan fingerprint density at radius 1 is 0.968 bits per heavy atom. The van der Waals surface area contributed by atoms with Crippen LogP contribution in [0.1, 0.15) is 24.8 Å². The molecular formula is C24H29NO6. The van der Waals surface area contributed by atoms with E-state index in [1.807, 2.05) is 31.2 Å². The average molecular weight is 427 g/mol. The molecule has 166 valence electrons. The maximum atomic E-state index is 9.55. The zero-order valence-corrected chi connectivity index (χ0v) is 17.6. The van der Waals surface area contributed by atoms with E-state index in [9.17, 15) is 9.59 Å². The minimum atomic E-state index is -1.26. The fraction of sp³-hybridized carbons (Fsp3) is 0.333. The van der Waals surface area contributed by atoms with Crippen molar-refractivity contribution in [1.82, 2.24) is 5.32 Å². The third-order valence-corrected chi connectivity index (χ3v) is 4.81. The molecule has 0 aliphatic carbocycles. The lowest BCUT2D eigenvalue weighted by Crippen LogP contribution is -2.38. The van der Waals surface area contributed by atoms with E-state index in [-0.39, 0.29) is 0 Å². The van der Waals surface area contributed by atoms with Gasteiger partial charge in [-0.05, 0) is 43.5 Å². The zero-order chi connectivity index (χ0) is 22.5. The first-order chi connectivity index (χ1) is 15.0. The minimum absolute atomic E-state index is 0.473. The number of piperidine rings is 1. The predicted octanol–water partition coefficient (Wildman–Crippen LogP) is 3.57. The molecule has 0 aromatic heterocycles. The molecule has 1 saturated heterocycles. The number of benzene rings is 2. The highest BCUT2D eigenvalue weighted by Gasteiger charge is 2.27. The van der Waals surface area contributed by atoms with E-state index in [1.54, 1.807) is 0 Å². The van der Waals surface area contributed by atoms with Gasteiger partial charge < -0.3 is 25.0 Å². The first kappa shape index (κ1) is 24.0. The van der Waals surface area contributed by atoms with Crippen LogP contribution in [-0.4, -0.2) is 48.5 Å². The highest BCUT2D eigenvalue weighted by Crippen LogP contribution is 2.32. The number of para-hydroxylation sites is 2. The summed E-state index contributed by atoms with van der Waals surface area (Å²) >= 11 is 0. The smallest absolute Gasteiger partial charge is 0.328 e. The number of ether oxygens (including phenoxy) is 2. The number of hydrogen-bond acceptors (Lipinski definition) is 5. The largest absolute Gasteiger partial charge is 0.490 e. The molecule has 1 aliphatic heterocycles. The Bertz CT molecular complexity index is 836. The lowest BCUT2D eigenvalue weighted by molar-refractivity contribution is -0.134. The van der Waals surface area contributed by atoms with Gasteiger partial charge in [-0.3, -0.25) is 0 Å². The molecule has 2 atom stereocenters. The SMILES string of the molecule is CCOc1ccccc1OC[C@@H]1CNCC[C@H]1c1ccccc1.O=C(O)/C=C/C(=O)O. The van der Waals surface area contributed by atoms with Crippen LogP contribution in [0.4, 0.5) is 0 Å². The normalized spacial score (nSPS) is 18.0. The Hall–Kier alpha value is -3.32. The quantitative estimate of drug-likeness (QED) is 0.553. The molecule has 3 rings (SSSR count). The Kier molecular flexibility index (Phi) is 10.1. The van der Waals surface area contributed by atoms with E-state index >= 15 is 0 Å². The summed E-state index contributed by atoms with van der Waals surface area (Å²) in [4.78, 5) is 19.1. The summed E-state index contributed by atoms with van der Waals surface area (Å²) in [5.74, 6) is 0.180. The van der Waals surface area contributed by atoms with Crippen LogP contribution in [0.2, 0.25) is 0 Å². The number of nitrogens with one attached hydrogen (secondary N) is 1. The molecule has 1 heterocycles. The molecule has 0 radical (unpaired) electrons. The summed E-state index contributed by atoms with van der Waals surface area (Å²) in [7, 11) is 0. The summed E-state index contributed by atoms with van der Waals surface area (Å²) in [5, 5.41) is 19.1. The van der Waals surface area contributed by atoms with Crippen LogP contribution in [0.15, 0.2) is 66.7 Å². The van der Waals surface area contributed by atoms with Crippen molar-refractivity contribution in [3.63, 3.8) is 0 Å². The van der Waals surface area contributed by atoms with Gasteiger partial charge >= 0.3 is 11.9 Å². The van der Waals surface area contributed by atoms with Crippen LogP contribution in [-0.2, 0) is 9.59 Å². The van der Waals surface area contributed by atoms with Crippen molar-refractivity contribution in [3.05, 3.63) is 72.3 Å². The van der Waals surface area contributed by atoms with Crippen molar-refractivity contribution < 1.29 is 29.3 Å². The average Bonchev–Trinajstić information content (AvgIpc) is 2.78. The van der Waals surface area contributed by atoms with Crippen molar-refractivity contribution in [2.75, 3.05) is 26.3 Å². The van der Waals surface area contributed by atoms with Gasteiger partial charge in [0.15, 0.2) is 11.5 Å². The highest BCUT2D eigenvalue weighted by molar-refractivity contribution is 5.89. The molecule has 0 spiro atoms. The first-order valence-electron chi connectivity index (χ1n) is 10.3. The van der Waals surface area contributed by atoms with Crippen LogP contribution in [0.5, 0.6) is 11.5 Å². The number of rotatable bonds is 8. The number of hydrogen-bond donors (Lipinski definition) is 3. The van der Waals surface area contributed by atoms with Gasteiger partial charge in [0.05, 0.1) is 13.2 Å². The molecular weight excluding hydrogens is 398 g/mol. The Balaban J connectivity index is 0.000000366. The third-order valence-electron chi connectivity index (χ3n) is 4.81. The van der Waals surface area contributed by atoms with E-state index in [4.69, 9.17) is 19.7 Å². The van der Waals surface area contributed by atoms with Crippen molar-refractivity contribution in [2.24, 2.45) is 5.92 Å². The molecule has 2 aromatic carbocycles. The topological polar surface area (TPSA) is 105 Å². The van der Waals surface area contributed by atoms with Gasteiger partial charge in [-0.1, -0.05) is 42.5 Å². The molecule has 7 nitrogen and oxygen atoms in total. The summed E-state index contributed by atoms with van der Waals surface area (Å²) in [6.45, 7) is 5.42. The van der Waals surface area contributed by atoms with Gasteiger partial charge in [0.2, 0.25) is 0 Å². The molecule has 0 unspecified atom stereocenters. The van der Waals surface area contributed by atoms with Gasteiger partial charge in [0, 0.05) is 24.6 Å². The number of aliphatic carboxylic acids is 2. The summed E-state index contributed by atoms with van der Waals surface area (Å²) < 4.78 is 11.8. The highest BCUT2D eigenvalue weighted by atomic mass is 16.5. The van der Waals surface area contributed by atoms with E-state index in [0.29, 0.717) is 37.2 Å². The molecule has 0 amide bonds. The molecule has 1 aliphatic rings. The van der Waals surface area contributed by atoms with Crippen LogP contribution in [0.3, 0.4) is 0 Å². The molecule has 1 fully saturated rings. The lowest BCUT2D eigenvalue weighted by Gasteiger charge is -2.32. The molecule has 2 aromatic rings. The maximum Gasteiger partial charge on any atom is 0.328 e. The molecule has 0 saturated carbocycles. The zero-order valence-electron chi connectivity index (χ0n) is 17.6. The monoisotopic (exact) mass is 427 g/mol. The second-order valence-corrected chi connectivity index (χ2v) is 6.97. The van der Waals surface area contributed by atoms with Gasteiger partial charge in [-0.25, -0.2) is 9.59 Å². The molecule has 7 heteroatoms. The maximum absolute atomic E-state index is 9.55. The fourth-order valence-corrected chi connectivity index (χ4v) is 3.42. The van der Waals surface area contributed by atoms with Crippen molar-refractivity contribution in [3.8, 4) is 11.5 Å². The number of carboxylic acid groups (broad SMARTS) is 2. The second-order valence-electron chi connectivity index (χ2n) is 6.97. The number of carboxylic acids is 2. The van der Waals surface area contributed by atoms with Gasteiger partial charge in [0.1, 0.15) is 0 Å². The summed E-state index contributed by atoms with van der Waals surface area (Å²) in [5.41, 5.74) is 1.42. The second kappa shape index (κ2) is 13.1. The third kappa shape index (κ3) is 8.52. The lowest BCUT2D eigenvalue weighted by atomic mass is 9.81. The summed E-state index contributed by atoms with van der Waals surface area (Å²) in [6, 6.07) is 18.7.